The summed E-state index contributed by atoms with van der Waals surface area (Å²) in [5.41, 5.74) is -1.71. The van der Waals surface area contributed by atoms with Crippen molar-refractivity contribution < 1.29 is 58.2 Å². The number of ether oxygens (including phenoxy) is 2. The summed E-state index contributed by atoms with van der Waals surface area (Å²) in [5, 5.41) is 56.8. The van der Waals surface area contributed by atoms with Crippen LogP contribution in [-0.4, -0.2) is 106 Å². The van der Waals surface area contributed by atoms with E-state index >= 15 is 0 Å². The molecule has 0 heterocycles. The Morgan fingerprint density at radius 2 is 1.70 bits per heavy atom. The average Bonchev–Trinajstić information content (AvgIpc) is 2.99. The van der Waals surface area contributed by atoms with E-state index in [0.29, 0.717) is 25.0 Å². The van der Waals surface area contributed by atoms with Crippen molar-refractivity contribution >= 4 is 17.8 Å². The van der Waals surface area contributed by atoms with E-state index in [1.165, 1.54) is 24.3 Å². The molecule has 0 radical (unpaired) electrons. The first-order chi connectivity index (χ1) is 20.9. The summed E-state index contributed by atoms with van der Waals surface area (Å²) >= 11 is 0. The number of halogens is 2. The van der Waals surface area contributed by atoms with Gasteiger partial charge >= 0.3 is 5.97 Å². The number of alkyl halides is 2. The number of unbranched alkanes of at least 4 members (excludes halogenated alkanes) is 3. The van der Waals surface area contributed by atoms with E-state index in [0.717, 1.165) is 12.8 Å². The second-order valence-electron chi connectivity index (χ2n) is 10.8. The largest absolute Gasteiger partial charge is 0.479 e. The van der Waals surface area contributed by atoms with Crippen molar-refractivity contribution in [2.45, 2.75) is 81.3 Å². The third kappa shape index (κ3) is 11.4. The standard InChI is InChI=1S/C30H42F2N2O10/c1-2-11-43-12-5-3-4-6-13-44-30(29(41)42)15-21(26(22(36)16-30)34-25(39)18-35)27(40)23(37)17-33-24(38)14-19-7-9-20(10-8-19)28(31)32/h1,7-10,21-23,26-28,35-37,40H,3-6,11-18H2,(H,33,38)(H,34,39)(H,41,42)/t21?,22-,23+,26-,27-,30-/m0/s1. The predicted octanol–water partition coefficient (Wildman–Crippen LogP) is 0.303. The van der Waals surface area contributed by atoms with Gasteiger partial charge in [-0.1, -0.05) is 43.0 Å². The SMILES string of the molecule is C#CCOCCCCCCO[C@@]1(C(=O)O)CC([C@H](O)[C@H](O)CNC(=O)Cc2ccc(C(F)F)cc2)[C@H](NC(=O)CO)[C@@H](O)C1. The fourth-order valence-electron chi connectivity index (χ4n) is 5.18. The summed E-state index contributed by atoms with van der Waals surface area (Å²) < 4.78 is 36.5. The highest BCUT2D eigenvalue weighted by Gasteiger charge is 2.54. The van der Waals surface area contributed by atoms with E-state index < -0.39 is 86.1 Å². The molecule has 1 saturated carbocycles. The molecular formula is C30H42F2N2O10. The molecule has 246 valence electrons. The first-order valence-electron chi connectivity index (χ1n) is 14.4. The van der Waals surface area contributed by atoms with Crippen LogP contribution in [0.3, 0.4) is 0 Å². The summed E-state index contributed by atoms with van der Waals surface area (Å²) in [7, 11) is 0. The topological polar surface area (TPSA) is 195 Å². The molecule has 44 heavy (non-hydrogen) atoms. The van der Waals surface area contributed by atoms with Crippen molar-refractivity contribution in [1.82, 2.24) is 10.6 Å². The highest BCUT2D eigenvalue weighted by molar-refractivity contribution is 5.79. The van der Waals surface area contributed by atoms with Gasteiger partial charge in [0.15, 0.2) is 5.60 Å². The quantitative estimate of drug-likeness (QED) is 0.0828. The molecule has 1 fully saturated rings. The Kier molecular flexibility index (Phi) is 15.6. The lowest BCUT2D eigenvalue weighted by molar-refractivity contribution is -0.190. The molecule has 2 amide bonds. The number of hydrogen-bond acceptors (Lipinski definition) is 9. The molecule has 7 N–H and O–H groups in total. The van der Waals surface area contributed by atoms with Crippen LogP contribution in [-0.2, 0) is 30.3 Å². The van der Waals surface area contributed by atoms with Crippen LogP contribution in [0.25, 0.3) is 0 Å². The molecule has 1 aromatic carbocycles. The molecule has 1 aliphatic carbocycles. The van der Waals surface area contributed by atoms with Crippen molar-refractivity contribution in [3.05, 3.63) is 35.4 Å². The number of aliphatic hydroxyl groups excluding tert-OH is 4. The van der Waals surface area contributed by atoms with E-state index in [2.05, 4.69) is 16.6 Å². The number of benzene rings is 1. The first kappa shape index (κ1) is 37.0. The van der Waals surface area contributed by atoms with Gasteiger partial charge in [-0.15, -0.1) is 6.42 Å². The number of hydrogen-bond donors (Lipinski definition) is 7. The number of aliphatic carboxylic acids is 1. The number of amides is 2. The number of rotatable bonds is 19. The normalized spacial score (nSPS) is 23.0. The maximum absolute atomic E-state index is 12.8. The second kappa shape index (κ2) is 18.6. The summed E-state index contributed by atoms with van der Waals surface area (Å²) in [5.74, 6) is -1.76. The van der Waals surface area contributed by atoms with E-state index in [4.69, 9.17) is 15.9 Å². The number of terminal acetylenes is 1. The van der Waals surface area contributed by atoms with Gasteiger partial charge in [0.2, 0.25) is 11.8 Å². The second-order valence-corrected chi connectivity index (χ2v) is 10.8. The lowest BCUT2D eigenvalue weighted by Gasteiger charge is -2.47. The molecule has 1 unspecified atom stereocenters. The molecule has 0 saturated heterocycles. The number of aliphatic hydroxyl groups is 4. The van der Waals surface area contributed by atoms with Gasteiger partial charge in [0.1, 0.15) is 13.2 Å². The first-order valence-corrected chi connectivity index (χ1v) is 14.4. The zero-order chi connectivity index (χ0) is 32.7. The fraction of sp³-hybridized carbons (Fsp3) is 0.633. The molecule has 0 bridgehead atoms. The molecule has 1 aliphatic rings. The third-order valence-electron chi connectivity index (χ3n) is 7.53. The van der Waals surface area contributed by atoms with Crippen molar-refractivity contribution in [2.75, 3.05) is 33.0 Å². The van der Waals surface area contributed by atoms with Crippen LogP contribution in [0, 0.1) is 18.3 Å². The average molecular weight is 629 g/mol. The molecule has 14 heteroatoms. The van der Waals surface area contributed by atoms with Gasteiger partial charge in [0.05, 0.1) is 30.8 Å². The Balaban J connectivity index is 2.05. The lowest BCUT2D eigenvalue weighted by Crippen LogP contribution is -2.64. The number of carboxylic acids is 1. The van der Waals surface area contributed by atoms with E-state index in [1.54, 1.807) is 0 Å². The van der Waals surface area contributed by atoms with Gasteiger partial charge in [-0.2, -0.15) is 0 Å². The molecule has 1 aromatic rings. The smallest absolute Gasteiger partial charge is 0.336 e. The van der Waals surface area contributed by atoms with E-state index in [1.807, 2.05) is 0 Å². The maximum Gasteiger partial charge on any atom is 0.336 e. The molecule has 0 spiro atoms. The van der Waals surface area contributed by atoms with Crippen LogP contribution in [0.15, 0.2) is 24.3 Å². The Morgan fingerprint density at radius 3 is 2.30 bits per heavy atom. The van der Waals surface area contributed by atoms with E-state index in [-0.39, 0.29) is 25.2 Å². The van der Waals surface area contributed by atoms with Crippen molar-refractivity contribution in [1.29, 1.82) is 0 Å². The van der Waals surface area contributed by atoms with Crippen LogP contribution in [0.5, 0.6) is 0 Å². The van der Waals surface area contributed by atoms with Gasteiger partial charge in [-0.3, -0.25) is 9.59 Å². The minimum Gasteiger partial charge on any atom is -0.479 e. The summed E-state index contributed by atoms with van der Waals surface area (Å²) in [6.07, 6.45) is -0.759. The summed E-state index contributed by atoms with van der Waals surface area (Å²) in [6.45, 7) is -0.669. The zero-order valence-electron chi connectivity index (χ0n) is 24.4. The van der Waals surface area contributed by atoms with Crippen molar-refractivity contribution in [2.24, 2.45) is 5.92 Å². The Labute approximate surface area is 254 Å². The molecule has 12 nitrogen and oxygen atoms in total. The molecule has 0 aliphatic heterocycles. The highest BCUT2D eigenvalue weighted by Crippen LogP contribution is 2.39. The number of nitrogens with one attached hydrogen (secondary N) is 2. The number of carboxylic acid groups (broad SMARTS) is 1. The van der Waals surface area contributed by atoms with Gasteiger partial charge < -0.3 is 45.6 Å². The van der Waals surface area contributed by atoms with E-state index in [9.17, 15) is 48.7 Å². The monoisotopic (exact) mass is 628 g/mol. The van der Waals surface area contributed by atoms with Crippen LogP contribution < -0.4 is 10.6 Å². The number of carbonyl (C=O) groups is 3. The van der Waals surface area contributed by atoms with Crippen molar-refractivity contribution in [3.8, 4) is 12.3 Å². The van der Waals surface area contributed by atoms with Gasteiger partial charge in [0, 0.05) is 37.7 Å². The lowest BCUT2D eigenvalue weighted by atomic mass is 9.70. The summed E-state index contributed by atoms with van der Waals surface area (Å²) in [6, 6.07) is 3.87. The van der Waals surface area contributed by atoms with Gasteiger partial charge in [-0.25, -0.2) is 13.6 Å². The van der Waals surface area contributed by atoms with Crippen LogP contribution in [0.1, 0.15) is 56.1 Å². The minimum atomic E-state index is -2.65. The Bertz CT molecular complexity index is 1100. The summed E-state index contributed by atoms with van der Waals surface area (Å²) in [4.78, 5) is 36.8. The highest BCUT2D eigenvalue weighted by atomic mass is 19.3. The predicted molar refractivity (Wildman–Crippen MR) is 152 cm³/mol. The van der Waals surface area contributed by atoms with Crippen molar-refractivity contribution in [3.63, 3.8) is 0 Å². The Hall–Kier alpha value is -3.19. The molecule has 0 aromatic heterocycles. The van der Waals surface area contributed by atoms with Crippen LogP contribution in [0.2, 0.25) is 0 Å². The maximum atomic E-state index is 12.8. The third-order valence-corrected chi connectivity index (χ3v) is 7.53. The fourth-order valence-corrected chi connectivity index (χ4v) is 5.18. The zero-order valence-corrected chi connectivity index (χ0v) is 24.4. The van der Waals surface area contributed by atoms with Gasteiger partial charge in [0.25, 0.3) is 6.43 Å². The van der Waals surface area contributed by atoms with Crippen LogP contribution >= 0.6 is 0 Å². The molecule has 2 rings (SSSR count). The number of carbonyl (C=O) groups excluding carboxylic acids is 2. The Morgan fingerprint density at radius 1 is 1.05 bits per heavy atom. The van der Waals surface area contributed by atoms with Crippen LogP contribution in [0.4, 0.5) is 8.78 Å². The van der Waals surface area contributed by atoms with Gasteiger partial charge in [-0.05, 0) is 24.8 Å². The minimum absolute atomic E-state index is 0.0254. The molecule has 6 atom stereocenters. The molecular weight excluding hydrogens is 586 g/mol.